The Morgan fingerprint density at radius 3 is 2.47 bits per heavy atom. The Balaban J connectivity index is 1.67. The summed E-state index contributed by atoms with van der Waals surface area (Å²) in [5.41, 5.74) is 4.68. The molecule has 32 heavy (non-hydrogen) atoms. The number of piperazine rings is 1. The second-order valence-corrected chi connectivity index (χ2v) is 8.12. The zero-order valence-corrected chi connectivity index (χ0v) is 18.6. The van der Waals surface area contributed by atoms with E-state index in [0.717, 1.165) is 48.9 Å². The zero-order chi connectivity index (χ0) is 22.7. The molecule has 2 heterocycles. The van der Waals surface area contributed by atoms with Crippen molar-refractivity contribution in [2.75, 3.05) is 48.8 Å². The average Bonchev–Trinajstić information content (AvgIpc) is 3.22. The fourth-order valence-electron chi connectivity index (χ4n) is 3.89. The third-order valence-electron chi connectivity index (χ3n) is 5.85. The van der Waals surface area contributed by atoms with Crippen molar-refractivity contribution >= 4 is 29.4 Å². The van der Waals surface area contributed by atoms with Gasteiger partial charge in [-0.25, -0.2) is 4.98 Å². The number of carbonyl (C=O) groups excluding carboxylic acids is 2. The molecule has 0 spiro atoms. The molecule has 4 rings (SSSR count). The average molecular weight is 433 g/mol. The fourth-order valence-corrected chi connectivity index (χ4v) is 3.89. The normalized spacial score (nSPS) is 14.3. The molecule has 2 amide bonds. The summed E-state index contributed by atoms with van der Waals surface area (Å²) in [5.74, 6) is 0.649. The highest BCUT2D eigenvalue weighted by molar-refractivity contribution is 6.05. The number of aryl methyl sites for hydroxylation is 2. The van der Waals surface area contributed by atoms with Crippen molar-refractivity contribution in [3.05, 3.63) is 65.7 Å². The number of likely N-dealkylation sites (N-methyl/N-ethyl adjacent to an activating group) is 1. The molecule has 0 saturated carbocycles. The first-order valence-corrected chi connectivity index (χ1v) is 10.7. The lowest BCUT2D eigenvalue weighted by molar-refractivity contribution is -0.105. The molecule has 166 valence electrons. The van der Waals surface area contributed by atoms with Gasteiger partial charge in [0, 0.05) is 66.9 Å². The van der Waals surface area contributed by atoms with Gasteiger partial charge in [-0.1, -0.05) is 6.07 Å². The molecule has 0 aliphatic carbocycles. The van der Waals surface area contributed by atoms with Crippen LogP contribution in [0.3, 0.4) is 0 Å². The van der Waals surface area contributed by atoms with Gasteiger partial charge in [-0.2, -0.15) is 0 Å². The van der Waals surface area contributed by atoms with E-state index >= 15 is 0 Å². The summed E-state index contributed by atoms with van der Waals surface area (Å²) in [6, 6.07) is 11.4. The summed E-state index contributed by atoms with van der Waals surface area (Å²) in [5, 5.41) is 5.63. The van der Waals surface area contributed by atoms with Crippen LogP contribution in [0.5, 0.6) is 0 Å². The molecule has 1 aliphatic rings. The van der Waals surface area contributed by atoms with Gasteiger partial charge in [0.05, 0.1) is 0 Å². The van der Waals surface area contributed by atoms with Crippen LogP contribution in [0.1, 0.15) is 21.7 Å². The number of carbonyl (C=O) groups is 2. The summed E-state index contributed by atoms with van der Waals surface area (Å²) >= 11 is 0. The minimum atomic E-state index is -0.207. The molecule has 0 bridgehead atoms. The number of amides is 2. The minimum absolute atomic E-state index is 0.207. The van der Waals surface area contributed by atoms with Crippen molar-refractivity contribution in [2.45, 2.75) is 13.8 Å². The third kappa shape index (κ3) is 4.65. The maximum atomic E-state index is 13.2. The summed E-state index contributed by atoms with van der Waals surface area (Å²) in [6.07, 6.45) is 4.29. The van der Waals surface area contributed by atoms with Gasteiger partial charge in [0.1, 0.15) is 5.82 Å². The summed E-state index contributed by atoms with van der Waals surface area (Å²) in [7, 11) is 2.12. The van der Waals surface area contributed by atoms with E-state index in [1.54, 1.807) is 12.3 Å². The van der Waals surface area contributed by atoms with Crippen LogP contribution in [0.25, 0.3) is 5.69 Å². The second-order valence-electron chi connectivity index (χ2n) is 8.12. The summed E-state index contributed by atoms with van der Waals surface area (Å²) in [4.78, 5) is 33.0. The van der Waals surface area contributed by atoms with Crippen LogP contribution >= 0.6 is 0 Å². The molecular weight excluding hydrogens is 404 g/mol. The molecule has 3 aromatic rings. The highest BCUT2D eigenvalue weighted by atomic mass is 16.1. The molecule has 1 saturated heterocycles. The Hall–Kier alpha value is -3.65. The van der Waals surface area contributed by atoms with E-state index in [0.29, 0.717) is 23.3 Å². The van der Waals surface area contributed by atoms with Gasteiger partial charge < -0.3 is 25.0 Å². The number of benzene rings is 2. The molecule has 0 atom stereocenters. The summed E-state index contributed by atoms with van der Waals surface area (Å²) in [6.45, 7) is 7.61. The van der Waals surface area contributed by atoms with Crippen molar-refractivity contribution in [2.24, 2.45) is 0 Å². The minimum Gasteiger partial charge on any atom is -0.369 e. The molecule has 2 aromatic carbocycles. The van der Waals surface area contributed by atoms with E-state index in [-0.39, 0.29) is 5.91 Å². The molecule has 1 aliphatic heterocycles. The third-order valence-corrected chi connectivity index (χ3v) is 5.85. The predicted molar refractivity (Wildman–Crippen MR) is 127 cm³/mol. The Morgan fingerprint density at radius 2 is 1.78 bits per heavy atom. The zero-order valence-electron chi connectivity index (χ0n) is 18.6. The van der Waals surface area contributed by atoms with E-state index in [1.165, 1.54) is 0 Å². The van der Waals surface area contributed by atoms with Crippen molar-refractivity contribution < 1.29 is 9.59 Å². The van der Waals surface area contributed by atoms with Crippen LogP contribution in [0.15, 0.2) is 48.8 Å². The van der Waals surface area contributed by atoms with Gasteiger partial charge in [-0.15, -0.1) is 0 Å². The number of aromatic nitrogens is 2. The Morgan fingerprint density at radius 1 is 1.03 bits per heavy atom. The molecule has 8 heteroatoms. The monoisotopic (exact) mass is 432 g/mol. The number of rotatable bonds is 6. The number of nitrogens with one attached hydrogen (secondary N) is 2. The van der Waals surface area contributed by atoms with E-state index in [1.807, 2.05) is 48.9 Å². The first kappa shape index (κ1) is 21.6. The van der Waals surface area contributed by atoms with Crippen LogP contribution < -0.4 is 15.5 Å². The van der Waals surface area contributed by atoms with E-state index in [4.69, 9.17) is 0 Å². The van der Waals surface area contributed by atoms with Crippen LogP contribution in [0, 0.1) is 13.8 Å². The predicted octanol–water partition coefficient (Wildman–Crippen LogP) is 3.06. The van der Waals surface area contributed by atoms with Gasteiger partial charge in [-0.3, -0.25) is 9.59 Å². The molecule has 0 unspecified atom stereocenters. The molecule has 1 fully saturated rings. The second kappa shape index (κ2) is 9.23. The highest BCUT2D eigenvalue weighted by Crippen LogP contribution is 2.26. The SMILES string of the molecule is Cc1ccc(NC(=O)c2cc(N3CCN(C)CC3)cc(-n3ccnc3C)c2)cc1NC=O. The molecule has 2 N–H and O–H groups in total. The Kier molecular flexibility index (Phi) is 6.23. The number of hydrogen-bond donors (Lipinski definition) is 2. The Bertz CT molecular complexity index is 1130. The topological polar surface area (TPSA) is 82.5 Å². The van der Waals surface area contributed by atoms with E-state index < -0.39 is 0 Å². The molecular formula is C24H28N6O2. The number of imidazole rings is 1. The maximum Gasteiger partial charge on any atom is 0.255 e. The van der Waals surface area contributed by atoms with Gasteiger partial charge in [-0.05, 0) is 56.8 Å². The molecule has 1 aromatic heterocycles. The van der Waals surface area contributed by atoms with Crippen molar-refractivity contribution in [3.63, 3.8) is 0 Å². The van der Waals surface area contributed by atoms with Gasteiger partial charge in [0.25, 0.3) is 5.91 Å². The van der Waals surface area contributed by atoms with Crippen molar-refractivity contribution in [1.29, 1.82) is 0 Å². The summed E-state index contributed by atoms with van der Waals surface area (Å²) < 4.78 is 1.98. The number of anilines is 3. The quantitative estimate of drug-likeness (QED) is 0.585. The van der Waals surface area contributed by atoms with Crippen LogP contribution in [-0.2, 0) is 4.79 Å². The van der Waals surface area contributed by atoms with E-state index in [2.05, 4.69) is 38.5 Å². The highest BCUT2D eigenvalue weighted by Gasteiger charge is 2.18. The number of hydrogen-bond acceptors (Lipinski definition) is 5. The van der Waals surface area contributed by atoms with Crippen molar-refractivity contribution in [1.82, 2.24) is 14.5 Å². The van der Waals surface area contributed by atoms with Gasteiger partial charge >= 0.3 is 0 Å². The fraction of sp³-hybridized carbons (Fsp3) is 0.292. The largest absolute Gasteiger partial charge is 0.369 e. The van der Waals surface area contributed by atoms with E-state index in [9.17, 15) is 9.59 Å². The van der Waals surface area contributed by atoms with Crippen LogP contribution in [0.4, 0.5) is 17.1 Å². The van der Waals surface area contributed by atoms with Gasteiger partial charge in [0.2, 0.25) is 6.41 Å². The van der Waals surface area contributed by atoms with Gasteiger partial charge in [0.15, 0.2) is 0 Å². The standard InChI is InChI=1S/C24H28N6O2/c1-17-4-5-20(14-23(17)26-16-31)27-24(32)19-12-21(29-10-8-28(3)9-11-29)15-22(13-19)30-7-6-25-18(30)2/h4-7,12-16H,8-11H2,1-3H3,(H,26,31)(H,27,32). The first-order valence-electron chi connectivity index (χ1n) is 10.7. The van der Waals surface area contributed by atoms with Crippen LogP contribution in [-0.4, -0.2) is 60.0 Å². The molecule has 8 nitrogen and oxygen atoms in total. The smallest absolute Gasteiger partial charge is 0.255 e. The lowest BCUT2D eigenvalue weighted by atomic mass is 10.1. The number of nitrogens with zero attached hydrogens (tertiary/aromatic N) is 4. The lowest BCUT2D eigenvalue weighted by Gasteiger charge is -2.34. The van der Waals surface area contributed by atoms with Crippen molar-refractivity contribution in [3.8, 4) is 5.69 Å². The maximum absolute atomic E-state index is 13.2. The first-order chi connectivity index (χ1) is 15.4. The Labute approximate surface area is 187 Å². The van der Waals surface area contributed by atoms with Crippen LogP contribution in [0.2, 0.25) is 0 Å². The molecule has 0 radical (unpaired) electrons. The lowest BCUT2D eigenvalue weighted by Crippen LogP contribution is -2.44.